The first kappa shape index (κ1) is 8.02. The van der Waals surface area contributed by atoms with E-state index in [1.54, 1.807) is 0 Å². The van der Waals surface area contributed by atoms with E-state index in [9.17, 15) is 5.11 Å². The monoisotopic (exact) mass is 143 g/mol. The lowest BCUT2D eigenvalue weighted by atomic mass is 9.91. The third-order valence-corrected chi connectivity index (χ3v) is 2.66. The minimum Gasteiger partial charge on any atom is -0.392 e. The molecule has 0 spiro atoms. The van der Waals surface area contributed by atoms with E-state index >= 15 is 0 Å². The summed E-state index contributed by atoms with van der Waals surface area (Å²) in [5, 5.41) is 9.33. The molecule has 10 heavy (non-hydrogen) atoms. The van der Waals surface area contributed by atoms with Crippen LogP contribution in [0.15, 0.2) is 0 Å². The van der Waals surface area contributed by atoms with E-state index in [1.807, 2.05) is 0 Å². The van der Waals surface area contributed by atoms with Crippen LogP contribution in [0.4, 0.5) is 0 Å². The minimum atomic E-state index is -0.101. The normalized spacial score (nSPS) is 43.8. The molecule has 3 unspecified atom stereocenters. The number of likely N-dealkylation sites (tertiary alicyclic amines) is 1. The number of likely N-dealkylation sites (N-methyl/N-ethyl adjacent to an activating group) is 1. The number of β-amino-alcohol motifs (C(OH)–C–C–N with tert-alkyl or cyclic N) is 1. The van der Waals surface area contributed by atoms with E-state index in [0.717, 1.165) is 13.0 Å². The predicted molar refractivity (Wildman–Crippen MR) is 41.9 cm³/mol. The second-order valence-corrected chi connectivity index (χ2v) is 3.55. The Morgan fingerprint density at radius 2 is 2.00 bits per heavy atom. The van der Waals surface area contributed by atoms with Crippen LogP contribution < -0.4 is 0 Å². The van der Waals surface area contributed by atoms with Crippen molar-refractivity contribution in [3.63, 3.8) is 0 Å². The van der Waals surface area contributed by atoms with Gasteiger partial charge in [-0.2, -0.15) is 0 Å². The molecule has 0 aromatic rings. The topological polar surface area (TPSA) is 23.5 Å². The lowest BCUT2D eigenvalue weighted by Crippen LogP contribution is -2.46. The molecule has 2 nitrogen and oxygen atoms in total. The Kier molecular flexibility index (Phi) is 2.32. The molecule has 1 N–H and O–H groups in total. The third kappa shape index (κ3) is 1.50. The van der Waals surface area contributed by atoms with Gasteiger partial charge in [0.05, 0.1) is 6.10 Å². The maximum atomic E-state index is 9.33. The molecule has 3 atom stereocenters. The van der Waals surface area contributed by atoms with Gasteiger partial charge in [0.1, 0.15) is 0 Å². The maximum absolute atomic E-state index is 9.33. The van der Waals surface area contributed by atoms with E-state index in [-0.39, 0.29) is 6.10 Å². The van der Waals surface area contributed by atoms with Gasteiger partial charge in [0, 0.05) is 12.6 Å². The molecule has 1 aliphatic rings. The molecule has 0 radical (unpaired) electrons. The molecule has 1 rings (SSSR count). The Bertz CT molecular complexity index is 104. The summed E-state index contributed by atoms with van der Waals surface area (Å²) in [6.07, 6.45) is 0.863. The molecule has 1 fully saturated rings. The number of aliphatic hydroxyl groups is 1. The Balaban J connectivity index is 2.49. The Labute approximate surface area is 62.8 Å². The summed E-state index contributed by atoms with van der Waals surface area (Å²) in [4.78, 5) is 2.22. The van der Waals surface area contributed by atoms with Gasteiger partial charge in [-0.1, -0.05) is 6.92 Å². The lowest BCUT2D eigenvalue weighted by Gasteiger charge is -2.37. The van der Waals surface area contributed by atoms with Gasteiger partial charge in [0.15, 0.2) is 0 Å². The molecule has 1 aliphatic heterocycles. The van der Waals surface area contributed by atoms with Crippen LogP contribution in [0.5, 0.6) is 0 Å². The van der Waals surface area contributed by atoms with Crippen molar-refractivity contribution >= 4 is 0 Å². The van der Waals surface area contributed by atoms with Crippen LogP contribution in [-0.2, 0) is 0 Å². The highest BCUT2D eigenvalue weighted by Crippen LogP contribution is 2.21. The van der Waals surface area contributed by atoms with Crippen molar-refractivity contribution in [2.75, 3.05) is 13.6 Å². The highest BCUT2D eigenvalue weighted by molar-refractivity contribution is 4.80. The summed E-state index contributed by atoms with van der Waals surface area (Å²) in [6, 6.07) is 0.628. The molecule has 60 valence electrons. The van der Waals surface area contributed by atoms with Gasteiger partial charge in [-0.3, -0.25) is 0 Å². The van der Waals surface area contributed by atoms with Gasteiger partial charge in [0.25, 0.3) is 0 Å². The van der Waals surface area contributed by atoms with Gasteiger partial charge in [-0.25, -0.2) is 0 Å². The molecule has 1 saturated heterocycles. The van der Waals surface area contributed by atoms with Crippen molar-refractivity contribution in [2.45, 2.75) is 32.4 Å². The Morgan fingerprint density at radius 3 is 2.50 bits per heavy atom. The molecule has 0 aliphatic carbocycles. The summed E-state index contributed by atoms with van der Waals surface area (Å²) < 4.78 is 0. The van der Waals surface area contributed by atoms with E-state index < -0.39 is 0 Å². The summed E-state index contributed by atoms with van der Waals surface area (Å²) in [6.45, 7) is 5.26. The molecular formula is C8H17NO. The molecule has 0 aromatic carbocycles. The fourth-order valence-electron chi connectivity index (χ4n) is 1.63. The zero-order valence-electron chi connectivity index (χ0n) is 7.04. The number of piperidine rings is 1. The van der Waals surface area contributed by atoms with Gasteiger partial charge >= 0.3 is 0 Å². The number of rotatable bonds is 0. The molecule has 0 saturated carbocycles. The highest BCUT2D eigenvalue weighted by Gasteiger charge is 2.26. The quantitative estimate of drug-likeness (QED) is 0.540. The van der Waals surface area contributed by atoms with Crippen molar-refractivity contribution < 1.29 is 5.11 Å². The van der Waals surface area contributed by atoms with Crippen LogP contribution in [0.2, 0.25) is 0 Å². The average Bonchev–Trinajstić information content (AvgIpc) is 1.82. The second kappa shape index (κ2) is 2.89. The van der Waals surface area contributed by atoms with Crippen molar-refractivity contribution in [1.29, 1.82) is 0 Å². The van der Waals surface area contributed by atoms with E-state index in [2.05, 4.69) is 25.8 Å². The predicted octanol–water partition coefficient (Wildman–Crippen LogP) is 0.707. The molecule has 0 bridgehead atoms. The maximum Gasteiger partial charge on any atom is 0.0670 e. The van der Waals surface area contributed by atoms with Crippen LogP contribution in [0, 0.1) is 5.92 Å². The number of aliphatic hydroxyl groups excluding tert-OH is 1. The molecule has 0 amide bonds. The van der Waals surface area contributed by atoms with Crippen molar-refractivity contribution in [3.05, 3.63) is 0 Å². The van der Waals surface area contributed by atoms with Gasteiger partial charge < -0.3 is 10.0 Å². The minimum absolute atomic E-state index is 0.101. The van der Waals surface area contributed by atoms with Gasteiger partial charge in [-0.15, -0.1) is 0 Å². The van der Waals surface area contributed by atoms with Crippen LogP contribution in [0.1, 0.15) is 20.3 Å². The third-order valence-electron chi connectivity index (χ3n) is 2.66. The first-order chi connectivity index (χ1) is 4.61. The first-order valence-corrected chi connectivity index (χ1v) is 3.99. The highest BCUT2D eigenvalue weighted by atomic mass is 16.3. The summed E-state index contributed by atoms with van der Waals surface area (Å²) in [5.74, 6) is 0.633. The van der Waals surface area contributed by atoms with Crippen LogP contribution in [0.25, 0.3) is 0 Å². The van der Waals surface area contributed by atoms with Gasteiger partial charge in [0.2, 0.25) is 0 Å². The van der Waals surface area contributed by atoms with Gasteiger partial charge in [-0.05, 0) is 26.3 Å². The summed E-state index contributed by atoms with van der Waals surface area (Å²) in [7, 11) is 2.07. The second-order valence-electron chi connectivity index (χ2n) is 3.55. The smallest absolute Gasteiger partial charge is 0.0670 e. The number of hydrogen-bond donors (Lipinski definition) is 1. The van der Waals surface area contributed by atoms with E-state index in [1.165, 1.54) is 0 Å². The van der Waals surface area contributed by atoms with Crippen LogP contribution >= 0.6 is 0 Å². The first-order valence-electron chi connectivity index (χ1n) is 3.99. The summed E-state index contributed by atoms with van der Waals surface area (Å²) in [5.41, 5.74) is 0. The fraction of sp³-hybridized carbons (Fsp3) is 1.00. The largest absolute Gasteiger partial charge is 0.392 e. The standard InChI is InChI=1S/C8H17NO/c1-6-4-8(10)5-9(3)7(6)2/h6-8,10H,4-5H2,1-3H3. The average molecular weight is 143 g/mol. The molecular weight excluding hydrogens is 126 g/mol. The number of hydrogen-bond acceptors (Lipinski definition) is 2. The van der Waals surface area contributed by atoms with Crippen molar-refractivity contribution in [1.82, 2.24) is 4.90 Å². The Morgan fingerprint density at radius 1 is 1.40 bits per heavy atom. The van der Waals surface area contributed by atoms with Crippen molar-refractivity contribution in [3.8, 4) is 0 Å². The van der Waals surface area contributed by atoms with Crippen LogP contribution in [0.3, 0.4) is 0 Å². The van der Waals surface area contributed by atoms with Crippen molar-refractivity contribution in [2.24, 2.45) is 5.92 Å². The van der Waals surface area contributed by atoms with E-state index in [0.29, 0.717) is 12.0 Å². The lowest BCUT2D eigenvalue weighted by molar-refractivity contribution is 0.0252. The zero-order chi connectivity index (χ0) is 7.72. The summed E-state index contributed by atoms with van der Waals surface area (Å²) >= 11 is 0. The number of nitrogens with zero attached hydrogens (tertiary/aromatic N) is 1. The SMILES string of the molecule is CC1CC(O)CN(C)C1C. The fourth-order valence-corrected chi connectivity index (χ4v) is 1.63. The molecule has 0 aromatic heterocycles. The molecule has 1 heterocycles. The van der Waals surface area contributed by atoms with Crippen LogP contribution in [-0.4, -0.2) is 35.7 Å². The zero-order valence-corrected chi connectivity index (χ0v) is 7.04. The Hall–Kier alpha value is -0.0800. The molecule has 2 heteroatoms. The van der Waals surface area contributed by atoms with E-state index in [4.69, 9.17) is 0 Å².